The van der Waals surface area contributed by atoms with Crippen molar-refractivity contribution >= 4 is 0 Å². The fourth-order valence-corrected chi connectivity index (χ4v) is 1.79. The SMILES string of the molecule is CCCNC(CO)c1cc(C(F)(F)F)cc(C(F)(F)F)c1. The summed E-state index contributed by atoms with van der Waals surface area (Å²) in [6.07, 6.45) is -9.15. The summed E-state index contributed by atoms with van der Waals surface area (Å²) < 4.78 is 76.2. The quantitative estimate of drug-likeness (QED) is 0.811. The molecule has 0 bridgehead atoms. The minimum atomic E-state index is -4.89. The molecule has 0 aromatic heterocycles. The molecule has 2 nitrogen and oxygen atoms in total. The van der Waals surface area contributed by atoms with Crippen molar-refractivity contribution in [3.63, 3.8) is 0 Å². The number of benzene rings is 1. The lowest BCUT2D eigenvalue weighted by Crippen LogP contribution is -2.26. The topological polar surface area (TPSA) is 32.3 Å². The second-order valence-electron chi connectivity index (χ2n) is 4.53. The number of alkyl halides is 6. The fraction of sp³-hybridized carbons (Fsp3) is 0.538. The van der Waals surface area contributed by atoms with Gasteiger partial charge < -0.3 is 10.4 Å². The molecule has 2 N–H and O–H groups in total. The predicted molar refractivity (Wildman–Crippen MR) is 64.6 cm³/mol. The van der Waals surface area contributed by atoms with E-state index in [0.717, 1.165) is 0 Å². The van der Waals surface area contributed by atoms with Crippen molar-refractivity contribution in [2.75, 3.05) is 13.2 Å². The second kappa shape index (κ2) is 6.65. The molecule has 0 radical (unpaired) electrons. The first-order valence-corrected chi connectivity index (χ1v) is 6.23. The zero-order valence-corrected chi connectivity index (χ0v) is 11.1. The molecule has 1 aromatic rings. The Kier molecular flexibility index (Phi) is 5.63. The third-order valence-electron chi connectivity index (χ3n) is 2.84. The van der Waals surface area contributed by atoms with E-state index in [1.54, 1.807) is 6.92 Å². The molecule has 1 unspecified atom stereocenters. The van der Waals surface area contributed by atoms with Crippen molar-refractivity contribution in [3.05, 3.63) is 34.9 Å². The van der Waals surface area contributed by atoms with Crippen molar-refractivity contribution in [1.82, 2.24) is 5.32 Å². The second-order valence-corrected chi connectivity index (χ2v) is 4.53. The fourth-order valence-electron chi connectivity index (χ4n) is 1.79. The van der Waals surface area contributed by atoms with Crippen LogP contribution in [-0.2, 0) is 12.4 Å². The van der Waals surface area contributed by atoms with E-state index in [4.69, 9.17) is 5.11 Å². The van der Waals surface area contributed by atoms with Crippen LogP contribution in [0.2, 0.25) is 0 Å². The van der Waals surface area contributed by atoms with Crippen molar-refractivity contribution < 1.29 is 31.4 Å². The normalized spacial score (nSPS) is 14.3. The molecule has 0 spiro atoms. The van der Waals surface area contributed by atoms with E-state index in [-0.39, 0.29) is 11.6 Å². The monoisotopic (exact) mass is 315 g/mol. The highest BCUT2D eigenvalue weighted by Crippen LogP contribution is 2.37. The van der Waals surface area contributed by atoms with Crippen LogP contribution >= 0.6 is 0 Å². The van der Waals surface area contributed by atoms with Gasteiger partial charge in [-0.05, 0) is 36.7 Å². The van der Waals surface area contributed by atoms with Gasteiger partial charge >= 0.3 is 12.4 Å². The first kappa shape index (κ1) is 17.8. The molecular weight excluding hydrogens is 300 g/mol. The minimum absolute atomic E-state index is 0.0672. The Bertz CT molecular complexity index is 436. The van der Waals surface area contributed by atoms with Crippen molar-refractivity contribution in [2.45, 2.75) is 31.7 Å². The van der Waals surface area contributed by atoms with Gasteiger partial charge in [0.2, 0.25) is 0 Å². The van der Waals surface area contributed by atoms with Gasteiger partial charge in [-0.3, -0.25) is 0 Å². The van der Waals surface area contributed by atoms with Crippen molar-refractivity contribution in [2.24, 2.45) is 0 Å². The summed E-state index contributed by atoms with van der Waals surface area (Å²) in [5, 5.41) is 11.9. The highest BCUT2D eigenvalue weighted by Gasteiger charge is 2.37. The van der Waals surface area contributed by atoms with Gasteiger partial charge in [0.1, 0.15) is 0 Å². The Morgan fingerprint density at radius 2 is 1.48 bits per heavy atom. The summed E-state index contributed by atoms with van der Waals surface area (Å²) in [7, 11) is 0. The molecule has 0 saturated carbocycles. The average Bonchev–Trinajstić information content (AvgIpc) is 2.37. The summed E-state index contributed by atoms with van der Waals surface area (Å²) >= 11 is 0. The Morgan fingerprint density at radius 3 is 1.81 bits per heavy atom. The largest absolute Gasteiger partial charge is 0.416 e. The Morgan fingerprint density at radius 1 is 1.00 bits per heavy atom. The van der Waals surface area contributed by atoms with Gasteiger partial charge in [-0.2, -0.15) is 26.3 Å². The van der Waals surface area contributed by atoms with Crippen LogP contribution in [0, 0.1) is 0 Å². The number of hydrogen-bond acceptors (Lipinski definition) is 2. The van der Waals surface area contributed by atoms with Gasteiger partial charge in [-0.15, -0.1) is 0 Å². The van der Waals surface area contributed by atoms with E-state index in [9.17, 15) is 26.3 Å². The number of aliphatic hydroxyl groups excluding tert-OH is 1. The van der Waals surface area contributed by atoms with Crippen LogP contribution < -0.4 is 5.32 Å². The van der Waals surface area contributed by atoms with Gasteiger partial charge in [0, 0.05) is 0 Å². The standard InChI is InChI=1S/C13H15F6NO/c1-2-3-20-11(7-21)8-4-9(12(14,15)16)6-10(5-8)13(17,18)19/h4-6,11,20-21H,2-3,7H2,1H3. The molecule has 0 saturated heterocycles. The van der Waals surface area contributed by atoms with Crippen LogP contribution in [0.25, 0.3) is 0 Å². The van der Waals surface area contributed by atoms with Gasteiger partial charge in [0.25, 0.3) is 0 Å². The molecular formula is C13H15F6NO. The smallest absolute Gasteiger partial charge is 0.394 e. The third-order valence-corrected chi connectivity index (χ3v) is 2.84. The molecule has 0 aliphatic rings. The van der Waals surface area contributed by atoms with Crippen LogP contribution in [0.1, 0.15) is 36.1 Å². The molecule has 21 heavy (non-hydrogen) atoms. The van der Waals surface area contributed by atoms with Gasteiger partial charge in [0.05, 0.1) is 23.8 Å². The van der Waals surface area contributed by atoms with E-state index in [1.807, 2.05) is 0 Å². The number of nitrogens with one attached hydrogen (secondary N) is 1. The van der Waals surface area contributed by atoms with Gasteiger partial charge in [-0.25, -0.2) is 0 Å². The number of halogens is 6. The molecule has 0 fully saturated rings. The van der Waals surface area contributed by atoms with Crippen LogP contribution in [-0.4, -0.2) is 18.3 Å². The predicted octanol–water partition coefficient (Wildman–Crippen LogP) is 3.76. The summed E-state index contributed by atoms with van der Waals surface area (Å²) in [6, 6.07) is 0.336. The summed E-state index contributed by atoms with van der Waals surface area (Å²) in [5.41, 5.74) is -3.01. The highest BCUT2D eigenvalue weighted by atomic mass is 19.4. The first-order chi connectivity index (χ1) is 9.59. The molecule has 0 aliphatic carbocycles. The van der Waals surface area contributed by atoms with Crippen molar-refractivity contribution in [1.29, 1.82) is 0 Å². The van der Waals surface area contributed by atoms with E-state index in [2.05, 4.69) is 5.32 Å². The average molecular weight is 315 g/mol. The molecule has 120 valence electrons. The van der Waals surface area contributed by atoms with Crippen LogP contribution in [0.4, 0.5) is 26.3 Å². The lowest BCUT2D eigenvalue weighted by Gasteiger charge is -2.20. The molecule has 1 atom stereocenters. The van der Waals surface area contributed by atoms with Crippen LogP contribution in [0.3, 0.4) is 0 Å². The van der Waals surface area contributed by atoms with Crippen molar-refractivity contribution in [3.8, 4) is 0 Å². The third kappa shape index (κ3) is 4.89. The molecule has 1 rings (SSSR count). The maximum Gasteiger partial charge on any atom is 0.416 e. The molecule has 0 amide bonds. The summed E-state index contributed by atoms with van der Waals surface area (Å²) in [6.45, 7) is 1.55. The number of rotatable bonds is 5. The zero-order chi connectivity index (χ0) is 16.3. The van der Waals surface area contributed by atoms with Gasteiger partial charge in [-0.1, -0.05) is 6.92 Å². The summed E-state index contributed by atoms with van der Waals surface area (Å²) in [4.78, 5) is 0. The Labute approximate surface area is 117 Å². The zero-order valence-electron chi connectivity index (χ0n) is 11.1. The van der Waals surface area contributed by atoms with Crippen LogP contribution in [0.5, 0.6) is 0 Å². The minimum Gasteiger partial charge on any atom is -0.394 e. The maximum atomic E-state index is 12.7. The molecule has 0 aliphatic heterocycles. The lowest BCUT2D eigenvalue weighted by atomic mass is 9.99. The molecule has 0 heterocycles. The first-order valence-electron chi connectivity index (χ1n) is 6.23. The van der Waals surface area contributed by atoms with Crippen LogP contribution in [0.15, 0.2) is 18.2 Å². The van der Waals surface area contributed by atoms with E-state index in [0.29, 0.717) is 25.1 Å². The Hall–Kier alpha value is -1.28. The maximum absolute atomic E-state index is 12.7. The highest BCUT2D eigenvalue weighted by molar-refractivity contribution is 5.35. The number of aliphatic hydroxyl groups is 1. The lowest BCUT2D eigenvalue weighted by molar-refractivity contribution is -0.143. The van der Waals surface area contributed by atoms with E-state index < -0.39 is 36.1 Å². The molecule has 1 aromatic carbocycles. The Balaban J connectivity index is 3.30. The summed E-state index contributed by atoms with van der Waals surface area (Å²) in [5.74, 6) is 0. The van der Waals surface area contributed by atoms with E-state index in [1.165, 1.54) is 0 Å². The van der Waals surface area contributed by atoms with Gasteiger partial charge in [0.15, 0.2) is 0 Å². The number of hydrogen-bond donors (Lipinski definition) is 2. The molecule has 8 heteroatoms. The van der Waals surface area contributed by atoms with E-state index >= 15 is 0 Å².